The highest BCUT2D eigenvalue weighted by Gasteiger charge is 2.05. The van der Waals surface area contributed by atoms with Crippen molar-refractivity contribution in [1.29, 1.82) is 5.26 Å². The van der Waals surface area contributed by atoms with Crippen LogP contribution in [0.4, 0.5) is 0 Å². The Kier molecular flexibility index (Phi) is 2.61. The fourth-order valence-corrected chi connectivity index (χ4v) is 1.54. The average molecular weight is 214 g/mol. The zero-order chi connectivity index (χ0) is 11.5. The van der Waals surface area contributed by atoms with E-state index in [1.807, 2.05) is 13.0 Å². The number of nitriles is 1. The zero-order valence-electron chi connectivity index (χ0n) is 8.78. The molecule has 0 saturated heterocycles. The molecule has 4 nitrogen and oxygen atoms in total. The molecule has 0 atom stereocenters. The van der Waals surface area contributed by atoms with Crippen LogP contribution in [0, 0.1) is 11.3 Å². The van der Waals surface area contributed by atoms with Crippen LogP contribution in [-0.4, -0.2) is 11.6 Å². The summed E-state index contributed by atoms with van der Waals surface area (Å²) in [6, 6.07) is 6.99. The molecule has 2 aromatic rings. The van der Waals surface area contributed by atoms with Crippen molar-refractivity contribution in [3.63, 3.8) is 0 Å². The van der Waals surface area contributed by atoms with Gasteiger partial charge in [-0.2, -0.15) is 5.26 Å². The molecule has 1 aromatic heterocycles. The van der Waals surface area contributed by atoms with Crippen LogP contribution >= 0.6 is 0 Å². The number of nitrogens with zero attached hydrogens (tertiary/aromatic N) is 1. The fourth-order valence-electron chi connectivity index (χ4n) is 1.54. The number of aromatic amines is 1. The highest BCUT2D eigenvalue weighted by atomic mass is 16.5. The molecule has 1 N–H and O–H groups in total. The lowest BCUT2D eigenvalue weighted by atomic mass is 10.1. The van der Waals surface area contributed by atoms with Crippen LogP contribution in [0.15, 0.2) is 29.2 Å². The first-order chi connectivity index (χ1) is 7.76. The summed E-state index contributed by atoms with van der Waals surface area (Å²) in [5, 5.41) is 9.22. The van der Waals surface area contributed by atoms with Crippen molar-refractivity contribution in [3.05, 3.63) is 40.2 Å². The van der Waals surface area contributed by atoms with Gasteiger partial charge in [0.15, 0.2) is 0 Å². The summed E-state index contributed by atoms with van der Waals surface area (Å²) in [7, 11) is 0. The monoisotopic (exact) mass is 214 g/mol. The molecule has 80 valence electrons. The van der Waals surface area contributed by atoms with Gasteiger partial charge in [0, 0.05) is 17.6 Å². The predicted molar refractivity (Wildman–Crippen MR) is 60.5 cm³/mol. The topological polar surface area (TPSA) is 65.9 Å². The van der Waals surface area contributed by atoms with Gasteiger partial charge in [-0.25, -0.2) is 0 Å². The van der Waals surface area contributed by atoms with E-state index >= 15 is 0 Å². The van der Waals surface area contributed by atoms with E-state index in [2.05, 4.69) is 4.98 Å². The number of ether oxygens (including phenoxy) is 1. The third-order valence-corrected chi connectivity index (χ3v) is 2.28. The minimum absolute atomic E-state index is 0.122. The van der Waals surface area contributed by atoms with Gasteiger partial charge in [0.05, 0.1) is 12.1 Å². The van der Waals surface area contributed by atoms with Gasteiger partial charge >= 0.3 is 0 Å². The predicted octanol–water partition coefficient (Wildman–Crippen LogP) is 1.80. The van der Waals surface area contributed by atoms with Gasteiger partial charge in [-0.3, -0.25) is 4.79 Å². The smallest absolute Gasteiger partial charge is 0.207 e. The van der Waals surface area contributed by atoms with E-state index in [9.17, 15) is 4.79 Å². The highest BCUT2D eigenvalue weighted by Crippen LogP contribution is 2.16. The number of benzene rings is 1. The van der Waals surface area contributed by atoms with Gasteiger partial charge in [-0.15, -0.1) is 0 Å². The third-order valence-electron chi connectivity index (χ3n) is 2.28. The van der Waals surface area contributed by atoms with Gasteiger partial charge in [0.1, 0.15) is 17.4 Å². The summed E-state index contributed by atoms with van der Waals surface area (Å²) in [5.74, 6) is 0.704. The second-order valence-corrected chi connectivity index (χ2v) is 3.28. The number of fused-ring (bicyclic) bond motifs is 1. The van der Waals surface area contributed by atoms with Gasteiger partial charge in [-0.05, 0) is 19.1 Å². The van der Waals surface area contributed by atoms with Crippen LogP contribution in [-0.2, 0) is 0 Å². The van der Waals surface area contributed by atoms with Crippen LogP contribution < -0.4 is 10.2 Å². The van der Waals surface area contributed by atoms with Gasteiger partial charge in [0.2, 0.25) is 5.43 Å². The largest absolute Gasteiger partial charge is 0.494 e. The number of pyridine rings is 1. The van der Waals surface area contributed by atoms with Crippen molar-refractivity contribution in [2.75, 3.05) is 6.61 Å². The number of H-pyrrole nitrogens is 1. The van der Waals surface area contributed by atoms with Gasteiger partial charge in [0.25, 0.3) is 0 Å². The van der Waals surface area contributed by atoms with E-state index < -0.39 is 0 Å². The number of aromatic nitrogens is 1. The van der Waals surface area contributed by atoms with E-state index in [4.69, 9.17) is 10.00 Å². The summed E-state index contributed by atoms with van der Waals surface area (Å²) in [5.41, 5.74) is 0.547. The van der Waals surface area contributed by atoms with Crippen LogP contribution in [0.2, 0.25) is 0 Å². The Hall–Kier alpha value is -2.28. The van der Waals surface area contributed by atoms with Crippen LogP contribution in [0.25, 0.3) is 10.9 Å². The van der Waals surface area contributed by atoms with Crippen LogP contribution in [0.3, 0.4) is 0 Å². The number of hydrogen-bond acceptors (Lipinski definition) is 3. The summed E-state index contributed by atoms with van der Waals surface area (Å²) < 4.78 is 5.32. The van der Waals surface area contributed by atoms with E-state index in [0.29, 0.717) is 23.3 Å². The molecule has 1 heterocycles. The van der Waals surface area contributed by atoms with Crippen molar-refractivity contribution < 1.29 is 4.74 Å². The molecule has 0 radical (unpaired) electrons. The fraction of sp³-hybridized carbons (Fsp3) is 0.167. The molecule has 4 heteroatoms. The lowest BCUT2D eigenvalue weighted by Gasteiger charge is -2.04. The van der Waals surface area contributed by atoms with E-state index in [1.165, 1.54) is 6.20 Å². The zero-order valence-corrected chi connectivity index (χ0v) is 8.78. The Balaban J connectivity index is 2.66. The second kappa shape index (κ2) is 4.07. The van der Waals surface area contributed by atoms with Crippen LogP contribution in [0.5, 0.6) is 5.75 Å². The molecule has 0 saturated carbocycles. The van der Waals surface area contributed by atoms with Gasteiger partial charge < -0.3 is 9.72 Å². The van der Waals surface area contributed by atoms with Crippen molar-refractivity contribution >= 4 is 10.9 Å². The lowest BCUT2D eigenvalue weighted by Crippen LogP contribution is -2.07. The normalized spacial score (nSPS) is 10.0. The second-order valence-electron chi connectivity index (χ2n) is 3.28. The minimum atomic E-state index is -0.251. The standard InChI is InChI=1S/C12H10N2O2/c1-2-16-9-3-4-10-11(5-9)14-7-8(6-13)12(10)15/h3-5,7H,2H2,1H3,(H,14,15). The van der Waals surface area contributed by atoms with E-state index in [1.54, 1.807) is 18.2 Å². The van der Waals surface area contributed by atoms with E-state index in [-0.39, 0.29) is 11.0 Å². The van der Waals surface area contributed by atoms with Crippen molar-refractivity contribution in [1.82, 2.24) is 4.98 Å². The first kappa shape index (κ1) is 10.2. The molecule has 0 amide bonds. The lowest BCUT2D eigenvalue weighted by molar-refractivity contribution is 0.340. The Morgan fingerprint density at radius 1 is 1.50 bits per heavy atom. The molecule has 0 aliphatic heterocycles. The Bertz CT molecular complexity index is 623. The maximum Gasteiger partial charge on any atom is 0.207 e. The molecule has 0 bridgehead atoms. The molecule has 0 aliphatic rings. The first-order valence-corrected chi connectivity index (χ1v) is 4.94. The van der Waals surface area contributed by atoms with Crippen molar-refractivity contribution in [2.24, 2.45) is 0 Å². The minimum Gasteiger partial charge on any atom is -0.494 e. The Labute approximate surface area is 92.1 Å². The third kappa shape index (κ3) is 1.63. The summed E-state index contributed by atoms with van der Waals surface area (Å²) >= 11 is 0. The summed E-state index contributed by atoms with van der Waals surface area (Å²) in [6.07, 6.45) is 1.42. The molecule has 0 unspecified atom stereocenters. The quantitative estimate of drug-likeness (QED) is 0.828. The number of rotatable bonds is 2. The maximum absolute atomic E-state index is 11.7. The van der Waals surface area contributed by atoms with Crippen molar-refractivity contribution in [3.8, 4) is 11.8 Å². The molecule has 2 rings (SSSR count). The molecule has 0 aliphatic carbocycles. The van der Waals surface area contributed by atoms with E-state index in [0.717, 1.165) is 0 Å². The highest BCUT2D eigenvalue weighted by molar-refractivity contribution is 5.80. The molecule has 16 heavy (non-hydrogen) atoms. The molecule has 1 aromatic carbocycles. The Morgan fingerprint density at radius 2 is 2.31 bits per heavy atom. The Morgan fingerprint density at radius 3 is 3.00 bits per heavy atom. The molecular weight excluding hydrogens is 204 g/mol. The van der Waals surface area contributed by atoms with Gasteiger partial charge in [-0.1, -0.05) is 0 Å². The summed E-state index contributed by atoms with van der Waals surface area (Å²) in [4.78, 5) is 14.7. The van der Waals surface area contributed by atoms with Crippen molar-refractivity contribution in [2.45, 2.75) is 6.92 Å². The molecular formula is C12H10N2O2. The number of nitrogens with one attached hydrogen (secondary N) is 1. The first-order valence-electron chi connectivity index (χ1n) is 4.94. The average Bonchev–Trinajstić information content (AvgIpc) is 2.30. The maximum atomic E-state index is 11.7. The van der Waals surface area contributed by atoms with Crippen LogP contribution in [0.1, 0.15) is 12.5 Å². The summed E-state index contributed by atoms with van der Waals surface area (Å²) in [6.45, 7) is 2.47. The molecule has 0 spiro atoms. The molecule has 0 fully saturated rings. The SMILES string of the molecule is CCOc1ccc2c(=O)c(C#N)c[nH]c2c1. The number of hydrogen-bond donors (Lipinski definition) is 1.